The molecule has 8 nitrogen and oxygen atoms in total. The Balaban J connectivity index is 1.14. The highest BCUT2D eigenvalue weighted by Crippen LogP contribution is 2.38. The number of amides is 1. The number of aliphatic hydroxyl groups is 1. The molecule has 1 amide bonds. The Kier molecular flexibility index (Phi) is 6.78. The second-order valence-corrected chi connectivity index (χ2v) is 10.5. The molecule has 2 fully saturated rings. The van der Waals surface area contributed by atoms with Crippen LogP contribution >= 0.6 is 11.3 Å². The van der Waals surface area contributed by atoms with Crippen LogP contribution in [0.1, 0.15) is 41.8 Å². The van der Waals surface area contributed by atoms with Crippen LogP contribution in [0.15, 0.2) is 36.0 Å². The second kappa shape index (κ2) is 9.89. The van der Waals surface area contributed by atoms with Crippen LogP contribution in [-0.2, 0) is 16.6 Å². The van der Waals surface area contributed by atoms with Gasteiger partial charge in [-0.05, 0) is 49.9 Å². The monoisotopic (exact) mass is 530 g/mol. The van der Waals surface area contributed by atoms with E-state index in [-0.39, 0.29) is 40.8 Å². The van der Waals surface area contributed by atoms with Crippen LogP contribution in [0.3, 0.4) is 0 Å². The largest absolute Gasteiger partial charge is 0.416 e. The maximum atomic E-state index is 13.2. The molecule has 0 unspecified atom stereocenters. The zero-order valence-electron chi connectivity index (χ0n) is 19.8. The lowest BCUT2D eigenvalue weighted by Crippen LogP contribution is -2.57. The second-order valence-electron chi connectivity index (χ2n) is 9.57. The zero-order chi connectivity index (χ0) is 26.2. The summed E-state index contributed by atoms with van der Waals surface area (Å²) in [6.07, 6.45) is 0.105. The summed E-state index contributed by atoms with van der Waals surface area (Å²) >= 11 is 1.47. The number of nitrogens with zero attached hydrogens (tertiary/aromatic N) is 4. The predicted octanol–water partition coefficient (Wildman–Crippen LogP) is 3.62. The Morgan fingerprint density at radius 2 is 2.03 bits per heavy atom. The number of halogens is 3. The average Bonchev–Trinajstić information content (AvgIpc) is 3.40. The first-order valence-corrected chi connectivity index (χ1v) is 12.8. The zero-order valence-corrected chi connectivity index (χ0v) is 20.6. The molecule has 1 saturated heterocycles. The molecule has 3 N–H and O–H groups in total. The van der Waals surface area contributed by atoms with Gasteiger partial charge in [0.25, 0.3) is 0 Å². The van der Waals surface area contributed by atoms with Crippen molar-refractivity contribution < 1.29 is 23.1 Å². The minimum absolute atomic E-state index is 0.0160. The van der Waals surface area contributed by atoms with Crippen LogP contribution in [0.4, 0.5) is 18.9 Å². The SMILES string of the molecule is N#Cc1cc(NCC(=O)NC2CC(N3CCC(O)(c4cncs4)CC3)C2)c2cc(C(F)(F)F)ccc2n1. The van der Waals surface area contributed by atoms with Crippen molar-refractivity contribution in [3.8, 4) is 6.07 Å². The summed E-state index contributed by atoms with van der Waals surface area (Å²) in [5.74, 6) is -0.280. The maximum absolute atomic E-state index is 13.2. The molecule has 5 rings (SSSR count). The smallest absolute Gasteiger partial charge is 0.384 e. The minimum atomic E-state index is -4.52. The van der Waals surface area contributed by atoms with Crippen LogP contribution in [-0.4, -0.2) is 57.6 Å². The molecule has 1 saturated carbocycles. The molecule has 0 bridgehead atoms. The van der Waals surface area contributed by atoms with Gasteiger partial charge in [0.05, 0.1) is 28.0 Å². The molecular weight excluding hydrogens is 505 g/mol. The predicted molar refractivity (Wildman–Crippen MR) is 132 cm³/mol. The van der Waals surface area contributed by atoms with E-state index in [0.717, 1.165) is 42.9 Å². The van der Waals surface area contributed by atoms with Crippen molar-refractivity contribution >= 4 is 33.8 Å². The molecule has 3 heterocycles. The minimum Gasteiger partial charge on any atom is -0.384 e. The van der Waals surface area contributed by atoms with E-state index < -0.39 is 17.3 Å². The number of fused-ring (bicyclic) bond motifs is 1. The number of anilines is 1. The van der Waals surface area contributed by atoms with Crippen LogP contribution in [0, 0.1) is 11.3 Å². The van der Waals surface area contributed by atoms with Crippen LogP contribution in [0.5, 0.6) is 0 Å². The molecule has 194 valence electrons. The van der Waals surface area contributed by atoms with E-state index in [1.807, 2.05) is 6.07 Å². The van der Waals surface area contributed by atoms with E-state index in [2.05, 4.69) is 25.5 Å². The third kappa shape index (κ3) is 5.39. The standard InChI is InChI=1S/C25H25F3N6O2S/c26-25(27,28)15-1-2-20-19(7-15)21(10-17(11-29)32-20)31-13-23(35)33-16-8-18(9-16)34-5-3-24(36,4-6-34)22-12-30-14-37-22/h1-2,7,10,12,14,16,18,36H,3-6,8-9,13H2,(H,31,32)(H,33,35). The fourth-order valence-electron chi connectivity index (χ4n) is 5.01. The summed E-state index contributed by atoms with van der Waals surface area (Å²) in [7, 11) is 0. The Morgan fingerprint density at radius 1 is 1.27 bits per heavy atom. The number of nitrogens with one attached hydrogen (secondary N) is 2. The first-order valence-electron chi connectivity index (χ1n) is 12.0. The summed E-state index contributed by atoms with van der Waals surface area (Å²) in [5, 5.41) is 26.2. The van der Waals surface area contributed by atoms with E-state index in [1.165, 1.54) is 23.5 Å². The molecule has 37 heavy (non-hydrogen) atoms. The number of hydrogen-bond acceptors (Lipinski definition) is 8. The molecule has 0 spiro atoms. The fourth-order valence-corrected chi connectivity index (χ4v) is 5.80. The van der Waals surface area contributed by atoms with Crippen LogP contribution in [0.2, 0.25) is 0 Å². The molecule has 1 aliphatic heterocycles. The van der Waals surface area contributed by atoms with Crippen molar-refractivity contribution in [2.24, 2.45) is 0 Å². The molecule has 2 aliphatic rings. The van der Waals surface area contributed by atoms with Crippen molar-refractivity contribution in [1.82, 2.24) is 20.2 Å². The van der Waals surface area contributed by atoms with Gasteiger partial charge in [0.15, 0.2) is 0 Å². The van der Waals surface area contributed by atoms with Gasteiger partial charge in [-0.1, -0.05) is 0 Å². The lowest BCUT2D eigenvalue weighted by Gasteiger charge is -2.47. The summed E-state index contributed by atoms with van der Waals surface area (Å²) in [5.41, 5.74) is 0.608. The van der Waals surface area contributed by atoms with Gasteiger partial charge < -0.3 is 15.7 Å². The lowest BCUT2D eigenvalue weighted by molar-refractivity contribution is -0.137. The van der Waals surface area contributed by atoms with Crippen LogP contribution in [0.25, 0.3) is 10.9 Å². The number of aromatic nitrogens is 2. The number of hydrogen-bond donors (Lipinski definition) is 3. The van der Waals surface area contributed by atoms with E-state index in [1.54, 1.807) is 11.7 Å². The highest BCUT2D eigenvalue weighted by atomic mass is 32.1. The van der Waals surface area contributed by atoms with Crippen molar-refractivity contribution in [2.45, 2.75) is 49.5 Å². The van der Waals surface area contributed by atoms with Gasteiger partial charge in [-0.15, -0.1) is 11.3 Å². The van der Waals surface area contributed by atoms with Gasteiger partial charge in [-0.25, -0.2) is 4.98 Å². The first-order chi connectivity index (χ1) is 17.6. The van der Waals surface area contributed by atoms with Crippen molar-refractivity contribution in [2.75, 3.05) is 25.0 Å². The van der Waals surface area contributed by atoms with Gasteiger partial charge in [-0.2, -0.15) is 18.4 Å². The number of alkyl halides is 3. The molecule has 2 aromatic heterocycles. The molecule has 0 radical (unpaired) electrons. The Morgan fingerprint density at radius 3 is 2.68 bits per heavy atom. The van der Waals surface area contributed by atoms with Crippen LogP contribution < -0.4 is 10.6 Å². The Hall–Kier alpha value is -3.27. The number of likely N-dealkylation sites (tertiary alicyclic amines) is 1. The summed E-state index contributed by atoms with van der Waals surface area (Å²) in [4.78, 5) is 23.9. The summed E-state index contributed by atoms with van der Waals surface area (Å²) in [6.45, 7) is 1.40. The van der Waals surface area contributed by atoms with Crippen molar-refractivity contribution in [3.63, 3.8) is 0 Å². The van der Waals surface area contributed by atoms with Gasteiger partial charge >= 0.3 is 6.18 Å². The number of carbonyl (C=O) groups excluding carboxylic acids is 1. The highest BCUT2D eigenvalue weighted by Gasteiger charge is 2.41. The molecular formula is C25H25F3N6O2S. The Labute approximate surface area is 215 Å². The molecule has 3 aromatic rings. The van der Waals surface area contributed by atoms with Gasteiger partial charge in [-0.3, -0.25) is 14.7 Å². The fraction of sp³-hybridized carbons (Fsp3) is 0.440. The topological polar surface area (TPSA) is 114 Å². The molecule has 1 aliphatic carbocycles. The van der Waals surface area contributed by atoms with E-state index in [4.69, 9.17) is 0 Å². The highest BCUT2D eigenvalue weighted by molar-refractivity contribution is 7.09. The molecule has 12 heteroatoms. The Bertz CT molecular complexity index is 1330. The average molecular weight is 531 g/mol. The number of piperidine rings is 1. The number of pyridine rings is 1. The number of carbonyl (C=O) groups is 1. The quantitative estimate of drug-likeness (QED) is 0.446. The molecule has 0 atom stereocenters. The van der Waals surface area contributed by atoms with Gasteiger partial charge in [0.2, 0.25) is 5.91 Å². The number of nitriles is 1. The number of thiazole rings is 1. The number of rotatable bonds is 6. The van der Waals surface area contributed by atoms with Crippen molar-refractivity contribution in [1.29, 1.82) is 5.26 Å². The summed E-state index contributed by atoms with van der Waals surface area (Å²) < 4.78 is 39.6. The number of benzene rings is 1. The normalized spacial score (nSPS) is 21.7. The van der Waals surface area contributed by atoms with E-state index in [0.29, 0.717) is 18.9 Å². The van der Waals surface area contributed by atoms with Crippen molar-refractivity contribution in [3.05, 3.63) is 52.1 Å². The maximum Gasteiger partial charge on any atom is 0.416 e. The molecule has 1 aromatic carbocycles. The van der Waals surface area contributed by atoms with Gasteiger partial charge in [0, 0.05) is 42.4 Å². The summed E-state index contributed by atoms with van der Waals surface area (Å²) in [6, 6.07) is 6.70. The first kappa shape index (κ1) is 25.4. The lowest BCUT2D eigenvalue weighted by atomic mass is 9.82. The van der Waals surface area contributed by atoms with Gasteiger partial charge in [0.1, 0.15) is 17.4 Å². The van der Waals surface area contributed by atoms with E-state index in [9.17, 15) is 28.3 Å². The third-order valence-electron chi connectivity index (χ3n) is 7.20. The third-order valence-corrected chi connectivity index (χ3v) is 8.17. The van der Waals surface area contributed by atoms with E-state index >= 15 is 0 Å².